The average Bonchev–Trinajstić information content (AvgIpc) is 2.83. The fraction of sp³-hybridized carbons (Fsp3) is 0.364. The van der Waals surface area contributed by atoms with Gasteiger partial charge in [0.1, 0.15) is 29.6 Å². The standard InChI is InChI=1S/C11H11N5/c12-6-9(7-13)5-10(8-14)11(15)16-3-1-2-4-16/h5H,1-4,15H2/b11-10-. The SMILES string of the molecule is N#CC(C#N)=C/C(C#N)=C(\N)N1CCCC1. The Kier molecular flexibility index (Phi) is 3.95. The molecular formula is C11H11N5. The van der Waals surface area contributed by atoms with Crippen LogP contribution in [0.25, 0.3) is 0 Å². The summed E-state index contributed by atoms with van der Waals surface area (Å²) >= 11 is 0. The van der Waals surface area contributed by atoms with Gasteiger partial charge in [-0.3, -0.25) is 0 Å². The lowest BCUT2D eigenvalue weighted by Gasteiger charge is -2.17. The Bertz CT molecular complexity index is 430. The van der Waals surface area contributed by atoms with Gasteiger partial charge in [-0.1, -0.05) is 0 Å². The Hall–Kier alpha value is -2.45. The van der Waals surface area contributed by atoms with E-state index in [4.69, 9.17) is 21.5 Å². The van der Waals surface area contributed by atoms with E-state index in [0.717, 1.165) is 25.9 Å². The minimum Gasteiger partial charge on any atom is -0.384 e. The number of nitrogens with zero attached hydrogens (tertiary/aromatic N) is 4. The topological polar surface area (TPSA) is 101 Å². The van der Waals surface area contributed by atoms with Crippen LogP contribution in [0.3, 0.4) is 0 Å². The summed E-state index contributed by atoms with van der Waals surface area (Å²) in [6.07, 6.45) is 3.33. The highest BCUT2D eigenvalue weighted by molar-refractivity contribution is 5.47. The zero-order valence-corrected chi connectivity index (χ0v) is 8.77. The van der Waals surface area contributed by atoms with Crippen LogP contribution in [-0.4, -0.2) is 18.0 Å². The van der Waals surface area contributed by atoms with Crippen molar-refractivity contribution in [1.29, 1.82) is 15.8 Å². The molecule has 5 heteroatoms. The first-order valence-corrected chi connectivity index (χ1v) is 4.89. The largest absolute Gasteiger partial charge is 0.384 e. The third-order valence-corrected chi connectivity index (χ3v) is 2.37. The van der Waals surface area contributed by atoms with Crippen LogP contribution >= 0.6 is 0 Å². The predicted molar refractivity (Wildman–Crippen MR) is 56.9 cm³/mol. The van der Waals surface area contributed by atoms with E-state index in [9.17, 15) is 0 Å². The van der Waals surface area contributed by atoms with Crippen LogP contribution in [0.4, 0.5) is 0 Å². The van der Waals surface area contributed by atoms with Crippen LogP contribution in [0.15, 0.2) is 23.0 Å². The molecule has 0 amide bonds. The molecule has 0 spiro atoms. The van der Waals surface area contributed by atoms with Crippen molar-refractivity contribution in [2.24, 2.45) is 5.73 Å². The molecule has 1 aliphatic heterocycles. The summed E-state index contributed by atoms with van der Waals surface area (Å²) in [4.78, 5) is 1.89. The van der Waals surface area contributed by atoms with Crippen molar-refractivity contribution < 1.29 is 0 Å². The van der Waals surface area contributed by atoms with Gasteiger partial charge in [-0.15, -0.1) is 0 Å². The van der Waals surface area contributed by atoms with Crippen LogP contribution in [0.5, 0.6) is 0 Å². The molecule has 0 aromatic heterocycles. The highest BCUT2D eigenvalue weighted by Gasteiger charge is 2.15. The third kappa shape index (κ3) is 2.53. The fourth-order valence-electron chi connectivity index (χ4n) is 1.53. The second-order valence-electron chi connectivity index (χ2n) is 3.39. The zero-order valence-electron chi connectivity index (χ0n) is 8.77. The van der Waals surface area contributed by atoms with Crippen molar-refractivity contribution >= 4 is 0 Å². The van der Waals surface area contributed by atoms with Crippen molar-refractivity contribution in [3.63, 3.8) is 0 Å². The summed E-state index contributed by atoms with van der Waals surface area (Å²) in [6, 6.07) is 5.32. The van der Waals surface area contributed by atoms with Crippen molar-refractivity contribution in [2.45, 2.75) is 12.8 Å². The number of nitrogens with two attached hydrogens (primary N) is 1. The Morgan fingerprint density at radius 1 is 1.06 bits per heavy atom. The predicted octanol–water partition coefficient (Wildman–Crippen LogP) is 0.750. The Labute approximate surface area is 94.3 Å². The average molecular weight is 213 g/mol. The molecule has 1 aliphatic rings. The molecular weight excluding hydrogens is 202 g/mol. The van der Waals surface area contributed by atoms with Crippen LogP contribution in [0.1, 0.15) is 12.8 Å². The van der Waals surface area contributed by atoms with Gasteiger partial charge in [-0.2, -0.15) is 15.8 Å². The Morgan fingerprint density at radius 3 is 2.06 bits per heavy atom. The monoisotopic (exact) mass is 213 g/mol. The molecule has 2 N–H and O–H groups in total. The molecule has 80 valence electrons. The van der Waals surface area contributed by atoms with Crippen molar-refractivity contribution in [2.75, 3.05) is 13.1 Å². The molecule has 0 aliphatic carbocycles. The highest BCUT2D eigenvalue weighted by Crippen LogP contribution is 2.15. The van der Waals surface area contributed by atoms with Gasteiger partial charge in [-0.25, -0.2) is 0 Å². The van der Waals surface area contributed by atoms with Gasteiger partial charge in [0, 0.05) is 13.1 Å². The fourth-order valence-corrected chi connectivity index (χ4v) is 1.53. The summed E-state index contributed by atoms with van der Waals surface area (Å²) in [5.41, 5.74) is 5.88. The van der Waals surface area contributed by atoms with E-state index in [1.54, 1.807) is 12.1 Å². The van der Waals surface area contributed by atoms with Gasteiger partial charge >= 0.3 is 0 Å². The van der Waals surface area contributed by atoms with Crippen LogP contribution in [0, 0.1) is 34.0 Å². The molecule has 0 aromatic rings. The number of nitriles is 3. The van der Waals surface area contributed by atoms with E-state index >= 15 is 0 Å². The molecule has 0 bridgehead atoms. The van der Waals surface area contributed by atoms with E-state index < -0.39 is 0 Å². The lowest BCUT2D eigenvalue weighted by Crippen LogP contribution is -2.25. The molecule has 1 saturated heterocycles. The van der Waals surface area contributed by atoms with Gasteiger partial charge in [-0.05, 0) is 18.9 Å². The molecule has 1 fully saturated rings. The molecule has 5 nitrogen and oxygen atoms in total. The zero-order chi connectivity index (χ0) is 12.0. The minimum atomic E-state index is -0.112. The van der Waals surface area contributed by atoms with Crippen LogP contribution in [-0.2, 0) is 0 Å². The Balaban J connectivity index is 3.02. The molecule has 1 rings (SSSR count). The Morgan fingerprint density at radius 2 is 1.62 bits per heavy atom. The van der Waals surface area contributed by atoms with E-state index in [2.05, 4.69) is 0 Å². The lowest BCUT2D eigenvalue weighted by molar-refractivity contribution is 0.419. The van der Waals surface area contributed by atoms with Gasteiger partial charge in [0.05, 0.1) is 5.57 Å². The quantitative estimate of drug-likeness (QED) is 0.538. The van der Waals surface area contributed by atoms with E-state index in [-0.39, 0.29) is 11.1 Å². The summed E-state index contributed by atoms with van der Waals surface area (Å²) < 4.78 is 0. The number of rotatable bonds is 2. The number of hydrogen-bond acceptors (Lipinski definition) is 5. The summed E-state index contributed by atoms with van der Waals surface area (Å²) in [5, 5.41) is 26.1. The van der Waals surface area contributed by atoms with E-state index in [1.165, 1.54) is 6.08 Å². The smallest absolute Gasteiger partial charge is 0.131 e. The summed E-state index contributed by atoms with van der Waals surface area (Å²) in [7, 11) is 0. The van der Waals surface area contributed by atoms with Gasteiger partial charge < -0.3 is 10.6 Å². The van der Waals surface area contributed by atoms with Gasteiger partial charge in [0.25, 0.3) is 0 Å². The van der Waals surface area contributed by atoms with Gasteiger partial charge in [0.2, 0.25) is 0 Å². The second-order valence-corrected chi connectivity index (χ2v) is 3.39. The van der Waals surface area contributed by atoms with Crippen molar-refractivity contribution in [1.82, 2.24) is 4.90 Å². The van der Waals surface area contributed by atoms with E-state index in [1.807, 2.05) is 11.0 Å². The van der Waals surface area contributed by atoms with Gasteiger partial charge in [0.15, 0.2) is 0 Å². The maximum atomic E-state index is 8.92. The summed E-state index contributed by atoms with van der Waals surface area (Å²) in [6.45, 7) is 1.64. The molecule has 0 radical (unpaired) electrons. The maximum absolute atomic E-state index is 8.92. The van der Waals surface area contributed by atoms with Crippen molar-refractivity contribution in [3.8, 4) is 18.2 Å². The molecule has 0 unspecified atom stereocenters. The van der Waals surface area contributed by atoms with Crippen LogP contribution < -0.4 is 5.73 Å². The first-order chi connectivity index (χ1) is 7.72. The molecule has 0 aromatic carbocycles. The molecule has 16 heavy (non-hydrogen) atoms. The third-order valence-electron chi connectivity index (χ3n) is 2.37. The first-order valence-electron chi connectivity index (χ1n) is 4.89. The van der Waals surface area contributed by atoms with Crippen molar-refractivity contribution in [3.05, 3.63) is 23.0 Å². The first kappa shape index (κ1) is 11.6. The maximum Gasteiger partial charge on any atom is 0.131 e. The lowest BCUT2D eigenvalue weighted by atomic mass is 10.2. The highest BCUT2D eigenvalue weighted by atomic mass is 15.2. The summed E-state index contributed by atoms with van der Waals surface area (Å²) in [5.74, 6) is 0.350. The minimum absolute atomic E-state index is 0.112. The normalized spacial score (nSPS) is 15.4. The van der Waals surface area contributed by atoms with E-state index in [0.29, 0.717) is 5.82 Å². The second kappa shape index (κ2) is 5.44. The number of allylic oxidation sites excluding steroid dienone is 3. The molecule has 1 heterocycles. The molecule has 0 atom stereocenters. The molecule has 0 saturated carbocycles. The number of likely N-dealkylation sites (tertiary alicyclic amines) is 1. The van der Waals surface area contributed by atoms with Crippen LogP contribution in [0.2, 0.25) is 0 Å². The number of hydrogen-bond donors (Lipinski definition) is 1.